The Labute approximate surface area is 246 Å². The molecule has 5 heterocycles. The molecule has 0 radical (unpaired) electrons. The Kier molecular flexibility index (Phi) is 6.51. The van der Waals surface area contributed by atoms with Gasteiger partial charge in [-0.15, -0.1) is 10.2 Å². The summed E-state index contributed by atoms with van der Waals surface area (Å²) < 4.78 is 70.6. The first-order valence-corrected chi connectivity index (χ1v) is 16.5. The lowest BCUT2D eigenvalue weighted by Gasteiger charge is -2.41. The fraction of sp³-hybridized carbons (Fsp3) is 0.667. The van der Waals surface area contributed by atoms with Crippen LogP contribution in [0.2, 0.25) is 0 Å². The molecule has 1 spiro atoms. The Morgan fingerprint density at radius 1 is 1.19 bits per heavy atom. The third-order valence-corrected chi connectivity index (χ3v) is 12.1. The molecule has 7 rings (SSSR count). The molecule has 3 aromatic rings. The number of nitrogens with zero attached hydrogens (tertiary/aromatic N) is 5. The molecule has 228 valence electrons. The van der Waals surface area contributed by atoms with Crippen LogP contribution in [0.15, 0.2) is 17.2 Å². The highest BCUT2D eigenvalue weighted by atomic mass is 32.2. The molecule has 4 fully saturated rings. The van der Waals surface area contributed by atoms with E-state index in [2.05, 4.69) is 19.8 Å². The molecule has 15 heteroatoms. The topological polar surface area (TPSA) is 131 Å². The van der Waals surface area contributed by atoms with Gasteiger partial charge in [-0.25, -0.2) is 26.9 Å². The molecular weight excluding hydrogens is 590 g/mol. The summed E-state index contributed by atoms with van der Waals surface area (Å²) in [6.45, 7) is 5.33. The van der Waals surface area contributed by atoms with Gasteiger partial charge >= 0.3 is 0 Å². The predicted molar refractivity (Wildman–Crippen MR) is 150 cm³/mol. The van der Waals surface area contributed by atoms with E-state index < -0.39 is 38.7 Å². The molecule has 2 saturated heterocycles. The molecule has 2 aliphatic heterocycles. The summed E-state index contributed by atoms with van der Waals surface area (Å²) in [5.41, 5.74) is 0.462. The van der Waals surface area contributed by atoms with Crippen molar-refractivity contribution in [1.29, 1.82) is 0 Å². The van der Waals surface area contributed by atoms with Gasteiger partial charge in [0.2, 0.25) is 10.0 Å². The molecule has 2 saturated carbocycles. The SMILES string of the molecule is COC1(c2nc3c(N4CCC5(CC4)CO[C@H](C)[C@@H]5O)cc(S(=O)(=O)NC4(C)CC4)cn3c2-c2nnc(C(F)F)s2)CC1. The fourth-order valence-corrected chi connectivity index (χ4v) is 8.58. The number of sulfonamides is 1. The number of piperidine rings is 1. The molecule has 0 unspecified atom stereocenters. The van der Waals surface area contributed by atoms with Gasteiger partial charge in [-0.2, -0.15) is 0 Å². The summed E-state index contributed by atoms with van der Waals surface area (Å²) in [6, 6.07) is 1.64. The Balaban J connectivity index is 1.39. The van der Waals surface area contributed by atoms with Crippen LogP contribution < -0.4 is 9.62 Å². The standard InChI is InChI=1S/C27H34F2N6O5S2/c1-15-20(36)26(14-40-15)8-10-34(11-9-26)17-12-16(42(37,38)33-25(2)4-5-25)13-35-18(23-31-32-24(41-23)21(28)29)19(30-22(17)35)27(39-3)6-7-27/h12-13,15,20-21,33,36H,4-11,14H2,1-3H3/t15-,20+/m1/s1. The maximum atomic E-state index is 13.7. The van der Waals surface area contributed by atoms with Gasteiger partial charge in [0.1, 0.15) is 21.9 Å². The van der Waals surface area contributed by atoms with Crippen molar-refractivity contribution in [3.8, 4) is 10.7 Å². The van der Waals surface area contributed by atoms with E-state index in [4.69, 9.17) is 14.5 Å². The number of ether oxygens (including phenoxy) is 2. The normalized spacial score (nSPS) is 26.0. The highest BCUT2D eigenvalue weighted by molar-refractivity contribution is 7.89. The monoisotopic (exact) mass is 624 g/mol. The number of aliphatic hydroxyl groups excluding tert-OH is 1. The van der Waals surface area contributed by atoms with Crippen molar-refractivity contribution in [3.63, 3.8) is 0 Å². The van der Waals surface area contributed by atoms with Gasteiger partial charge in [0.25, 0.3) is 6.43 Å². The number of fused-ring (bicyclic) bond motifs is 1. The number of alkyl halides is 2. The van der Waals surface area contributed by atoms with Crippen molar-refractivity contribution >= 4 is 32.7 Å². The second-order valence-corrected chi connectivity index (χ2v) is 15.2. The van der Waals surface area contributed by atoms with E-state index in [-0.39, 0.29) is 21.4 Å². The molecule has 2 atom stereocenters. The minimum absolute atomic E-state index is 0.0438. The summed E-state index contributed by atoms with van der Waals surface area (Å²) in [5, 5.41) is 18.5. The van der Waals surface area contributed by atoms with Crippen LogP contribution >= 0.6 is 11.3 Å². The van der Waals surface area contributed by atoms with Crippen molar-refractivity contribution in [2.24, 2.45) is 5.41 Å². The van der Waals surface area contributed by atoms with Crippen LogP contribution in [0.5, 0.6) is 0 Å². The molecule has 2 aliphatic carbocycles. The van der Waals surface area contributed by atoms with Crippen molar-refractivity contribution in [2.45, 2.75) is 87.0 Å². The molecule has 42 heavy (non-hydrogen) atoms. The summed E-state index contributed by atoms with van der Waals surface area (Å²) in [5.74, 6) is 0. The highest BCUT2D eigenvalue weighted by Crippen LogP contribution is 2.53. The maximum absolute atomic E-state index is 13.7. The highest BCUT2D eigenvalue weighted by Gasteiger charge is 2.51. The minimum atomic E-state index is -3.94. The number of anilines is 1. The van der Waals surface area contributed by atoms with E-state index in [1.807, 2.05) is 13.8 Å². The molecule has 2 N–H and O–H groups in total. The summed E-state index contributed by atoms with van der Waals surface area (Å²) in [4.78, 5) is 7.14. The lowest BCUT2D eigenvalue weighted by atomic mass is 9.74. The maximum Gasteiger partial charge on any atom is 0.291 e. The van der Waals surface area contributed by atoms with Crippen LogP contribution in [0.1, 0.15) is 69.5 Å². The van der Waals surface area contributed by atoms with Crippen LogP contribution in [-0.2, 0) is 25.1 Å². The number of halogens is 2. The van der Waals surface area contributed by atoms with Crippen molar-refractivity contribution < 1.29 is 31.8 Å². The van der Waals surface area contributed by atoms with Crippen LogP contribution in [0.3, 0.4) is 0 Å². The van der Waals surface area contributed by atoms with Crippen LogP contribution in [0.25, 0.3) is 16.3 Å². The Morgan fingerprint density at radius 2 is 1.90 bits per heavy atom. The van der Waals surface area contributed by atoms with Crippen LogP contribution in [0, 0.1) is 5.41 Å². The molecule has 11 nitrogen and oxygen atoms in total. The summed E-state index contributed by atoms with van der Waals surface area (Å²) >= 11 is 0.761. The Hall–Kier alpha value is -2.30. The quantitative estimate of drug-likeness (QED) is 0.386. The molecule has 0 aromatic carbocycles. The van der Waals surface area contributed by atoms with Crippen molar-refractivity contribution in [2.75, 3.05) is 31.7 Å². The van der Waals surface area contributed by atoms with Crippen LogP contribution in [0.4, 0.5) is 14.5 Å². The number of rotatable bonds is 8. The molecule has 0 bridgehead atoms. The molecular formula is C27H34F2N6O5S2. The number of methoxy groups -OCH3 is 1. The Bertz CT molecular complexity index is 1640. The first kappa shape index (κ1) is 28.5. The van der Waals surface area contributed by atoms with Crippen molar-refractivity contribution in [1.82, 2.24) is 24.3 Å². The lowest BCUT2D eigenvalue weighted by molar-refractivity contribution is 0.0250. The first-order chi connectivity index (χ1) is 19.9. The molecule has 4 aliphatic rings. The van der Waals surface area contributed by atoms with E-state index in [0.717, 1.165) is 24.2 Å². The number of aromatic nitrogens is 4. The van der Waals surface area contributed by atoms with Gasteiger partial charge in [-0.3, -0.25) is 4.40 Å². The van der Waals surface area contributed by atoms with E-state index in [1.165, 1.54) is 6.20 Å². The van der Waals surface area contributed by atoms with Gasteiger partial charge < -0.3 is 19.5 Å². The van der Waals surface area contributed by atoms with Gasteiger partial charge in [0.05, 0.1) is 24.5 Å². The van der Waals surface area contributed by atoms with E-state index in [9.17, 15) is 22.3 Å². The molecule has 0 amide bonds. The lowest BCUT2D eigenvalue weighted by Crippen LogP contribution is -2.47. The average molecular weight is 625 g/mol. The fourth-order valence-electron chi connectivity index (χ4n) is 6.35. The van der Waals surface area contributed by atoms with Gasteiger partial charge in [0.15, 0.2) is 15.7 Å². The summed E-state index contributed by atoms with van der Waals surface area (Å²) in [6.07, 6.45) is 2.08. The third kappa shape index (κ3) is 4.54. The zero-order valence-corrected chi connectivity index (χ0v) is 25.3. The van der Waals surface area contributed by atoms with E-state index in [1.54, 1.807) is 17.6 Å². The second-order valence-electron chi connectivity index (χ2n) is 12.5. The van der Waals surface area contributed by atoms with E-state index >= 15 is 0 Å². The van der Waals surface area contributed by atoms with E-state index in [0.29, 0.717) is 68.1 Å². The van der Waals surface area contributed by atoms with Gasteiger partial charge in [-0.05, 0) is 58.4 Å². The third-order valence-electron chi connectivity index (χ3n) is 9.53. The average Bonchev–Trinajstić information content (AvgIpc) is 3.76. The summed E-state index contributed by atoms with van der Waals surface area (Å²) in [7, 11) is -2.35. The predicted octanol–water partition coefficient (Wildman–Crippen LogP) is 3.62. The Morgan fingerprint density at radius 3 is 2.45 bits per heavy atom. The number of hydrogen-bond acceptors (Lipinski definition) is 10. The number of hydrogen-bond donors (Lipinski definition) is 2. The number of imidazole rings is 1. The largest absolute Gasteiger partial charge is 0.390 e. The van der Waals surface area contributed by atoms with Gasteiger partial charge in [0, 0.05) is 37.4 Å². The minimum Gasteiger partial charge on any atom is -0.390 e. The number of nitrogens with one attached hydrogen (secondary N) is 1. The van der Waals surface area contributed by atoms with Gasteiger partial charge in [-0.1, -0.05) is 11.3 Å². The first-order valence-electron chi connectivity index (χ1n) is 14.2. The zero-order chi connectivity index (χ0) is 29.7. The smallest absolute Gasteiger partial charge is 0.291 e. The number of aliphatic hydroxyl groups is 1. The second kappa shape index (κ2) is 9.60. The van der Waals surface area contributed by atoms with Crippen LogP contribution in [-0.4, -0.2) is 77.7 Å². The number of pyridine rings is 1. The zero-order valence-electron chi connectivity index (χ0n) is 23.6. The van der Waals surface area contributed by atoms with Crippen molar-refractivity contribution in [3.05, 3.63) is 23.0 Å². The molecule has 3 aromatic heterocycles.